The van der Waals surface area contributed by atoms with Gasteiger partial charge >= 0.3 is 0 Å². The quantitative estimate of drug-likeness (QED) is 0.863. The number of aromatic nitrogens is 2. The van der Waals surface area contributed by atoms with Crippen molar-refractivity contribution in [1.29, 1.82) is 0 Å². The van der Waals surface area contributed by atoms with Gasteiger partial charge in [-0.15, -0.1) is 0 Å². The predicted octanol–water partition coefficient (Wildman–Crippen LogP) is 3.89. The molecule has 1 unspecified atom stereocenters. The Hall–Kier alpha value is -1.69. The van der Waals surface area contributed by atoms with E-state index in [0.29, 0.717) is 17.6 Å². The van der Waals surface area contributed by atoms with Crippen LogP contribution in [0, 0.1) is 12.8 Å². The van der Waals surface area contributed by atoms with E-state index in [1.807, 2.05) is 25.2 Å². The van der Waals surface area contributed by atoms with Gasteiger partial charge in [0.15, 0.2) is 5.82 Å². The first kappa shape index (κ1) is 16.2. The van der Waals surface area contributed by atoms with Crippen LogP contribution in [0.15, 0.2) is 38.4 Å². The Kier molecular flexibility index (Phi) is 4.80. The van der Waals surface area contributed by atoms with Gasteiger partial charge in [0.05, 0.1) is 6.04 Å². The molecule has 0 aliphatic heterocycles. The van der Waals surface area contributed by atoms with Gasteiger partial charge in [-0.1, -0.05) is 38.8 Å². The number of carbonyl (C=O) groups is 1. The minimum Gasteiger partial charge on any atom is -0.342 e. The topological polar surface area (TPSA) is 68.0 Å². The van der Waals surface area contributed by atoms with Gasteiger partial charge in [0.1, 0.15) is 0 Å². The zero-order valence-corrected chi connectivity index (χ0v) is 14.9. The molecule has 0 spiro atoms. The molecule has 122 valence electrons. The van der Waals surface area contributed by atoms with Gasteiger partial charge in [0.2, 0.25) is 5.89 Å². The van der Waals surface area contributed by atoms with Crippen LogP contribution in [0.1, 0.15) is 50.4 Å². The standard InChI is InChI=1S/C17H20BrN3O2/c1-10-6-9-13(18)4-3-5-14(10)17(22)20-15(12-7-8-12)16-19-11(2)23-21-16/h3-5,12,15H,6-9H2,1-2H3,(H,20,22). The van der Waals surface area contributed by atoms with Gasteiger partial charge in [0, 0.05) is 12.5 Å². The summed E-state index contributed by atoms with van der Waals surface area (Å²) in [5.41, 5.74) is 1.81. The Morgan fingerprint density at radius 3 is 2.83 bits per heavy atom. The van der Waals surface area contributed by atoms with E-state index in [-0.39, 0.29) is 11.9 Å². The van der Waals surface area contributed by atoms with Crippen LogP contribution in [-0.4, -0.2) is 16.0 Å². The maximum absolute atomic E-state index is 12.7. The monoisotopic (exact) mass is 377 g/mol. The highest BCUT2D eigenvalue weighted by Gasteiger charge is 2.36. The summed E-state index contributed by atoms with van der Waals surface area (Å²) in [4.78, 5) is 17.0. The number of nitrogens with one attached hydrogen (secondary N) is 1. The number of hydrogen-bond acceptors (Lipinski definition) is 4. The Labute approximate surface area is 144 Å². The number of nitrogens with zero attached hydrogens (tertiary/aromatic N) is 2. The maximum atomic E-state index is 12.7. The van der Waals surface area contributed by atoms with Crippen molar-refractivity contribution in [2.45, 2.75) is 45.6 Å². The molecule has 0 aromatic carbocycles. The largest absolute Gasteiger partial charge is 0.342 e. The molecule has 6 heteroatoms. The molecule has 2 aliphatic rings. The summed E-state index contributed by atoms with van der Waals surface area (Å²) < 4.78 is 6.21. The van der Waals surface area contributed by atoms with Gasteiger partial charge in [-0.2, -0.15) is 4.98 Å². The van der Waals surface area contributed by atoms with Crippen molar-refractivity contribution >= 4 is 21.8 Å². The number of amides is 1. The van der Waals surface area contributed by atoms with Crippen LogP contribution >= 0.6 is 15.9 Å². The SMILES string of the molecule is CC1=C(C(=O)NC(c2noc(C)n2)C2CC2)C=CC=C(Br)CC1. The zero-order chi connectivity index (χ0) is 16.4. The Morgan fingerprint density at radius 1 is 1.39 bits per heavy atom. The van der Waals surface area contributed by atoms with Crippen LogP contribution < -0.4 is 5.32 Å². The third-order valence-corrected chi connectivity index (χ3v) is 4.85. The Bertz CT molecular complexity index is 698. The van der Waals surface area contributed by atoms with Crippen LogP contribution in [0.25, 0.3) is 0 Å². The summed E-state index contributed by atoms with van der Waals surface area (Å²) >= 11 is 3.52. The minimum atomic E-state index is -0.165. The minimum absolute atomic E-state index is 0.0653. The number of hydrogen-bond donors (Lipinski definition) is 1. The first-order chi connectivity index (χ1) is 11.0. The van der Waals surface area contributed by atoms with Gasteiger partial charge in [-0.3, -0.25) is 4.79 Å². The maximum Gasteiger partial charge on any atom is 0.251 e. The van der Waals surface area contributed by atoms with E-state index in [9.17, 15) is 4.79 Å². The molecule has 23 heavy (non-hydrogen) atoms. The van der Waals surface area contributed by atoms with Crippen molar-refractivity contribution in [2.75, 3.05) is 0 Å². The lowest BCUT2D eigenvalue weighted by molar-refractivity contribution is -0.118. The van der Waals surface area contributed by atoms with Gasteiger partial charge < -0.3 is 9.84 Å². The number of halogens is 1. The summed E-state index contributed by atoms with van der Waals surface area (Å²) in [5.74, 6) is 1.44. The zero-order valence-electron chi connectivity index (χ0n) is 13.3. The summed E-state index contributed by atoms with van der Waals surface area (Å²) in [6.45, 7) is 3.77. The van der Waals surface area contributed by atoms with E-state index >= 15 is 0 Å². The third kappa shape index (κ3) is 3.99. The molecular weight excluding hydrogens is 358 g/mol. The van der Waals surface area contributed by atoms with Crippen LogP contribution in [0.3, 0.4) is 0 Å². The van der Waals surface area contributed by atoms with Crippen LogP contribution in [0.4, 0.5) is 0 Å². The first-order valence-corrected chi connectivity index (χ1v) is 8.67. The lowest BCUT2D eigenvalue weighted by atomic mass is 10.0. The van der Waals surface area contributed by atoms with Crippen molar-refractivity contribution < 1.29 is 9.32 Å². The molecule has 1 atom stereocenters. The van der Waals surface area contributed by atoms with Gasteiger partial charge in [0.25, 0.3) is 5.91 Å². The van der Waals surface area contributed by atoms with Crippen LogP contribution in [0.5, 0.6) is 0 Å². The smallest absolute Gasteiger partial charge is 0.251 e. The summed E-state index contributed by atoms with van der Waals surface area (Å²) in [5, 5.41) is 7.09. The highest BCUT2D eigenvalue weighted by Crippen LogP contribution is 2.40. The van der Waals surface area contributed by atoms with Crippen LogP contribution in [0.2, 0.25) is 0 Å². The molecule has 1 aromatic rings. The van der Waals surface area contributed by atoms with Crippen molar-refractivity contribution in [3.05, 3.63) is 45.6 Å². The van der Waals surface area contributed by atoms with Crippen molar-refractivity contribution in [2.24, 2.45) is 5.92 Å². The van der Waals surface area contributed by atoms with Crippen molar-refractivity contribution in [3.63, 3.8) is 0 Å². The highest BCUT2D eigenvalue weighted by molar-refractivity contribution is 9.11. The second-order valence-corrected chi connectivity index (χ2v) is 7.15. The van der Waals surface area contributed by atoms with E-state index in [1.165, 1.54) is 0 Å². The molecule has 0 saturated heterocycles. The number of carbonyl (C=O) groups excluding carboxylic acids is 1. The van der Waals surface area contributed by atoms with E-state index in [1.54, 1.807) is 6.92 Å². The molecule has 1 amide bonds. The molecule has 1 saturated carbocycles. The molecular formula is C17H20BrN3O2. The molecule has 1 N–H and O–H groups in total. The second kappa shape index (κ2) is 6.83. The van der Waals surface area contributed by atoms with E-state index in [2.05, 4.69) is 31.4 Å². The van der Waals surface area contributed by atoms with Crippen LogP contribution in [-0.2, 0) is 4.79 Å². The molecule has 1 heterocycles. The molecule has 5 nitrogen and oxygen atoms in total. The fourth-order valence-electron chi connectivity index (χ4n) is 2.67. The van der Waals surface area contributed by atoms with Crippen molar-refractivity contribution in [1.82, 2.24) is 15.5 Å². The molecule has 2 aliphatic carbocycles. The van der Waals surface area contributed by atoms with Crippen molar-refractivity contribution in [3.8, 4) is 0 Å². The highest BCUT2D eigenvalue weighted by atomic mass is 79.9. The van der Waals surface area contributed by atoms with Gasteiger partial charge in [-0.25, -0.2) is 0 Å². The van der Waals surface area contributed by atoms with E-state index in [4.69, 9.17) is 4.52 Å². The normalized spacial score (nSPS) is 19.9. The fourth-order valence-corrected chi connectivity index (χ4v) is 3.02. The van der Waals surface area contributed by atoms with Gasteiger partial charge in [-0.05, 0) is 49.1 Å². The summed E-state index contributed by atoms with van der Waals surface area (Å²) in [7, 11) is 0. The molecule has 1 fully saturated rings. The molecule has 3 rings (SSSR count). The molecule has 0 radical (unpaired) electrons. The average Bonchev–Trinajstić information content (AvgIpc) is 3.26. The third-order valence-electron chi connectivity index (χ3n) is 4.18. The lowest BCUT2D eigenvalue weighted by Crippen LogP contribution is -2.32. The summed E-state index contributed by atoms with van der Waals surface area (Å²) in [6, 6.07) is -0.165. The number of aryl methyl sites for hydroxylation is 1. The number of allylic oxidation sites excluding steroid dienone is 4. The lowest BCUT2D eigenvalue weighted by Gasteiger charge is -2.17. The molecule has 0 bridgehead atoms. The second-order valence-electron chi connectivity index (χ2n) is 6.13. The number of rotatable bonds is 4. The predicted molar refractivity (Wildman–Crippen MR) is 90.7 cm³/mol. The average molecular weight is 378 g/mol. The van der Waals surface area contributed by atoms with E-state index < -0.39 is 0 Å². The fraction of sp³-hybridized carbons (Fsp3) is 0.471. The molecule has 1 aromatic heterocycles. The first-order valence-electron chi connectivity index (χ1n) is 7.88. The Balaban J connectivity index is 1.79. The van der Waals surface area contributed by atoms with E-state index in [0.717, 1.165) is 41.3 Å². The summed E-state index contributed by atoms with van der Waals surface area (Å²) in [6.07, 6.45) is 9.70. The Morgan fingerprint density at radius 2 is 2.17 bits per heavy atom.